The monoisotopic (exact) mass is 522 g/mol. The maximum atomic E-state index is 13.4. The normalized spacial score (nSPS) is 12.4. The van der Waals surface area contributed by atoms with Crippen LogP contribution in [0.15, 0.2) is 23.0 Å². The van der Waals surface area contributed by atoms with Crippen LogP contribution in [0.1, 0.15) is 46.0 Å². The number of anilines is 3. The summed E-state index contributed by atoms with van der Waals surface area (Å²) >= 11 is 12.5. The molecule has 13 heteroatoms. The lowest BCUT2D eigenvalue weighted by Crippen LogP contribution is -2.34. The fourth-order valence-corrected chi connectivity index (χ4v) is 3.77. The van der Waals surface area contributed by atoms with E-state index in [9.17, 15) is 9.59 Å². The fourth-order valence-electron chi connectivity index (χ4n) is 3.38. The quantitative estimate of drug-likeness (QED) is 0.338. The van der Waals surface area contributed by atoms with Crippen LogP contribution in [0.3, 0.4) is 0 Å². The highest BCUT2D eigenvalue weighted by Gasteiger charge is 2.21. The summed E-state index contributed by atoms with van der Waals surface area (Å²) in [4.78, 5) is 38.0. The first-order valence-corrected chi connectivity index (χ1v) is 11.6. The van der Waals surface area contributed by atoms with Crippen molar-refractivity contribution in [2.45, 2.75) is 52.3 Å². The average Bonchev–Trinajstić information content (AvgIpc) is 2.74. The van der Waals surface area contributed by atoms with Gasteiger partial charge in [0.15, 0.2) is 5.82 Å². The largest absolute Gasteiger partial charge is 0.444 e. The first kappa shape index (κ1) is 26.3. The van der Waals surface area contributed by atoms with Gasteiger partial charge in [-0.05, 0) is 46.2 Å². The van der Waals surface area contributed by atoms with Gasteiger partial charge in [0.25, 0.3) is 5.56 Å². The molecular weight excluding hydrogens is 495 g/mol. The second-order valence-electron chi connectivity index (χ2n) is 8.84. The molecule has 0 radical (unpaired) electrons. The number of carbonyl (C=O) groups excluding carboxylic acids is 1. The van der Waals surface area contributed by atoms with Crippen LogP contribution >= 0.6 is 23.2 Å². The topological polar surface area (TPSA) is 163 Å². The number of nitrogens with zero attached hydrogens (tertiary/aromatic N) is 4. The van der Waals surface area contributed by atoms with Crippen LogP contribution in [-0.2, 0) is 11.3 Å². The number of fused-ring (bicyclic) bond motifs is 1. The number of benzene rings is 1. The average molecular weight is 523 g/mol. The number of amides is 1. The maximum Gasteiger partial charge on any atom is 0.407 e. The molecule has 0 aliphatic carbocycles. The van der Waals surface area contributed by atoms with E-state index in [1.165, 1.54) is 4.57 Å². The van der Waals surface area contributed by atoms with Crippen LogP contribution in [0, 0.1) is 0 Å². The number of hydrogen-bond donors (Lipinski definition) is 4. The number of alkyl carbamates (subject to hydrolysis) is 1. The lowest BCUT2D eigenvalue weighted by molar-refractivity contribution is 0.0526. The Hall–Kier alpha value is -3.31. The highest BCUT2D eigenvalue weighted by molar-refractivity contribution is 6.35. The van der Waals surface area contributed by atoms with Gasteiger partial charge in [-0.3, -0.25) is 9.36 Å². The number of aromatic nitrogens is 4. The zero-order valence-electron chi connectivity index (χ0n) is 19.9. The number of nitrogens with two attached hydrogens (primary N) is 2. The Bertz CT molecular complexity index is 1310. The van der Waals surface area contributed by atoms with Gasteiger partial charge in [-0.25, -0.2) is 9.78 Å². The molecule has 3 rings (SSSR count). The van der Waals surface area contributed by atoms with Gasteiger partial charge in [0.05, 0.1) is 22.0 Å². The lowest BCUT2D eigenvalue weighted by Gasteiger charge is -2.21. The fraction of sp³-hybridized carbons (Fsp3) is 0.409. The minimum absolute atomic E-state index is 0.0257. The van der Waals surface area contributed by atoms with Crippen molar-refractivity contribution in [3.05, 3.63) is 44.4 Å². The summed E-state index contributed by atoms with van der Waals surface area (Å²) in [5.74, 6) is 0.597. The molecule has 11 nitrogen and oxygen atoms in total. The summed E-state index contributed by atoms with van der Waals surface area (Å²) in [7, 11) is 0. The van der Waals surface area contributed by atoms with Crippen LogP contribution in [0.25, 0.3) is 10.9 Å². The molecule has 0 bridgehead atoms. The van der Waals surface area contributed by atoms with Crippen molar-refractivity contribution >= 4 is 57.8 Å². The van der Waals surface area contributed by atoms with E-state index in [1.807, 2.05) is 0 Å². The van der Waals surface area contributed by atoms with Gasteiger partial charge in [-0.15, -0.1) is 0 Å². The molecule has 1 atom stereocenters. The maximum absolute atomic E-state index is 13.4. The molecule has 35 heavy (non-hydrogen) atoms. The summed E-state index contributed by atoms with van der Waals surface area (Å²) in [5.41, 5.74) is 11.0. The standard InChI is InChI=1S/C22H28Cl2N8O3/c1-11(28-17-15(24)16(25)30-20(26)31-17)18-29-13-8-5-7-12(23)14(13)19(33)32(18)10-6-9-27-21(34)35-22(2,3)4/h5,7-8,11H,6,9-10H2,1-4H3,(H,27,34)(H5,25,26,28,30,31)/t11-/m0/s1. The smallest absolute Gasteiger partial charge is 0.407 e. The molecule has 0 aliphatic heterocycles. The second kappa shape index (κ2) is 10.5. The minimum Gasteiger partial charge on any atom is -0.444 e. The number of hydrogen-bond acceptors (Lipinski definition) is 9. The van der Waals surface area contributed by atoms with Crippen molar-refractivity contribution in [3.63, 3.8) is 0 Å². The Morgan fingerprint density at radius 2 is 1.91 bits per heavy atom. The summed E-state index contributed by atoms with van der Waals surface area (Å²) in [6, 6.07) is 4.53. The molecule has 0 aliphatic rings. The molecular formula is C22H28Cl2N8O3. The zero-order chi connectivity index (χ0) is 25.9. The molecule has 0 fully saturated rings. The predicted molar refractivity (Wildman–Crippen MR) is 138 cm³/mol. The number of nitrogen functional groups attached to an aromatic ring is 2. The Morgan fingerprint density at radius 3 is 2.60 bits per heavy atom. The molecule has 1 aromatic carbocycles. The Morgan fingerprint density at radius 1 is 1.20 bits per heavy atom. The van der Waals surface area contributed by atoms with E-state index < -0.39 is 17.7 Å². The van der Waals surface area contributed by atoms with Crippen molar-refractivity contribution in [2.75, 3.05) is 23.3 Å². The van der Waals surface area contributed by atoms with E-state index in [4.69, 9.17) is 39.4 Å². The zero-order valence-corrected chi connectivity index (χ0v) is 21.4. The Kier molecular flexibility index (Phi) is 7.91. The van der Waals surface area contributed by atoms with E-state index in [-0.39, 0.29) is 41.3 Å². The third-order valence-corrected chi connectivity index (χ3v) is 5.51. The van der Waals surface area contributed by atoms with Gasteiger partial charge < -0.3 is 26.8 Å². The van der Waals surface area contributed by atoms with Gasteiger partial charge in [0, 0.05) is 13.1 Å². The second-order valence-corrected chi connectivity index (χ2v) is 9.62. The molecule has 3 aromatic rings. The van der Waals surface area contributed by atoms with E-state index in [1.54, 1.807) is 45.9 Å². The van der Waals surface area contributed by atoms with Crippen LogP contribution in [-0.4, -0.2) is 37.8 Å². The predicted octanol–water partition coefficient (Wildman–Crippen LogP) is 3.75. The molecule has 2 heterocycles. The number of carbonyl (C=O) groups is 1. The van der Waals surface area contributed by atoms with Gasteiger partial charge >= 0.3 is 6.09 Å². The van der Waals surface area contributed by atoms with Gasteiger partial charge in [-0.1, -0.05) is 29.3 Å². The van der Waals surface area contributed by atoms with Crippen LogP contribution in [0.4, 0.5) is 22.4 Å². The SMILES string of the molecule is C[C@H](Nc1nc(N)nc(N)c1Cl)c1nc2cccc(Cl)c2c(=O)n1CCCNC(=O)OC(C)(C)C. The molecule has 2 aromatic heterocycles. The first-order chi connectivity index (χ1) is 16.4. The summed E-state index contributed by atoms with van der Waals surface area (Å²) in [5, 5.41) is 6.49. The highest BCUT2D eigenvalue weighted by atomic mass is 35.5. The molecule has 188 valence electrons. The highest BCUT2D eigenvalue weighted by Crippen LogP contribution is 2.29. The summed E-state index contributed by atoms with van der Waals surface area (Å²) in [6.45, 7) is 7.67. The Balaban J connectivity index is 1.91. The third-order valence-electron chi connectivity index (χ3n) is 4.82. The van der Waals surface area contributed by atoms with E-state index >= 15 is 0 Å². The number of ether oxygens (including phenoxy) is 1. The van der Waals surface area contributed by atoms with Crippen molar-refractivity contribution in [2.24, 2.45) is 0 Å². The van der Waals surface area contributed by atoms with Crippen molar-refractivity contribution in [1.82, 2.24) is 24.8 Å². The minimum atomic E-state index is -0.608. The van der Waals surface area contributed by atoms with Gasteiger partial charge in [-0.2, -0.15) is 9.97 Å². The van der Waals surface area contributed by atoms with Gasteiger partial charge in [0.2, 0.25) is 5.95 Å². The third kappa shape index (κ3) is 6.43. The van der Waals surface area contributed by atoms with E-state index in [0.717, 1.165) is 0 Å². The lowest BCUT2D eigenvalue weighted by atomic mass is 10.2. The summed E-state index contributed by atoms with van der Waals surface area (Å²) in [6.07, 6.45) is -0.0987. The number of nitrogens with one attached hydrogen (secondary N) is 2. The molecule has 0 unspecified atom stereocenters. The molecule has 0 saturated heterocycles. The van der Waals surface area contributed by atoms with Crippen molar-refractivity contribution in [3.8, 4) is 0 Å². The molecule has 1 amide bonds. The van der Waals surface area contributed by atoms with Crippen LogP contribution < -0.4 is 27.7 Å². The molecule has 6 N–H and O–H groups in total. The van der Waals surface area contributed by atoms with E-state index in [2.05, 4.69) is 25.6 Å². The van der Waals surface area contributed by atoms with Crippen LogP contribution in [0.2, 0.25) is 10.0 Å². The molecule has 0 spiro atoms. The molecule has 0 saturated carbocycles. The number of halogens is 2. The van der Waals surface area contributed by atoms with Crippen LogP contribution in [0.5, 0.6) is 0 Å². The Labute approximate surface area is 212 Å². The van der Waals surface area contributed by atoms with Crippen molar-refractivity contribution in [1.29, 1.82) is 0 Å². The number of rotatable bonds is 7. The van der Waals surface area contributed by atoms with Gasteiger partial charge in [0.1, 0.15) is 22.3 Å². The first-order valence-electron chi connectivity index (χ1n) is 10.9. The summed E-state index contributed by atoms with van der Waals surface area (Å²) < 4.78 is 6.75. The van der Waals surface area contributed by atoms with E-state index in [0.29, 0.717) is 28.2 Å². The van der Waals surface area contributed by atoms with Crippen molar-refractivity contribution < 1.29 is 9.53 Å².